The first kappa shape index (κ1) is 22.4. The van der Waals surface area contributed by atoms with Crippen LogP contribution in [0.2, 0.25) is 0 Å². The Balaban J connectivity index is 1.47. The second-order valence-corrected chi connectivity index (χ2v) is 9.33. The molecule has 7 nitrogen and oxygen atoms in total. The van der Waals surface area contributed by atoms with Gasteiger partial charge in [-0.3, -0.25) is 14.5 Å². The third-order valence-electron chi connectivity index (χ3n) is 5.27. The number of amides is 2. The van der Waals surface area contributed by atoms with Crippen LogP contribution in [0.3, 0.4) is 0 Å². The zero-order valence-electron chi connectivity index (χ0n) is 18.0. The summed E-state index contributed by atoms with van der Waals surface area (Å²) in [4.78, 5) is 27.2. The lowest BCUT2D eigenvalue weighted by atomic mass is 10.0. The molecule has 1 saturated heterocycles. The molecule has 1 aliphatic heterocycles. The van der Waals surface area contributed by atoms with E-state index in [9.17, 15) is 9.59 Å². The molecule has 3 rings (SSSR count). The maximum absolute atomic E-state index is 12.4. The van der Waals surface area contributed by atoms with Crippen molar-refractivity contribution in [3.8, 4) is 0 Å². The second-order valence-electron chi connectivity index (χ2n) is 8.27. The number of likely N-dealkylation sites (tertiary alicyclic amines) is 1. The molecule has 162 valence electrons. The number of nitrogens with one attached hydrogen (secondary N) is 2. The topological polar surface area (TPSA) is 87.2 Å². The minimum Gasteiger partial charge on any atom is -0.351 e. The van der Waals surface area contributed by atoms with Crippen LogP contribution in [0.15, 0.2) is 24.3 Å². The first-order chi connectivity index (χ1) is 14.4. The average molecular weight is 430 g/mol. The Labute approximate surface area is 182 Å². The molecule has 1 fully saturated rings. The Hall–Kier alpha value is -2.32. The van der Waals surface area contributed by atoms with Gasteiger partial charge in [0, 0.05) is 36.8 Å². The highest BCUT2D eigenvalue weighted by Gasteiger charge is 2.18. The number of hydrogen-bond acceptors (Lipinski definition) is 6. The summed E-state index contributed by atoms with van der Waals surface area (Å²) >= 11 is 1.32. The molecule has 2 N–H and O–H groups in total. The van der Waals surface area contributed by atoms with Crippen molar-refractivity contribution in [3.05, 3.63) is 39.8 Å². The Morgan fingerprint density at radius 2 is 1.93 bits per heavy atom. The molecule has 1 atom stereocenters. The van der Waals surface area contributed by atoms with Crippen LogP contribution in [-0.2, 0) is 6.42 Å². The predicted octanol–water partition coefficient (Wildman–Crippen LogP) is 3.59. The van der Waals surface area contributed by atoms with E-state index in [1.165, 1.54) is 30.6 Å². The van der Waals surface area contributed by atoms with Gasteiger partial charge < -0.3 is 10.6 Å². The summed E-state index contributed by atoms with van der Waals surface area (Å²) in [5.74, 6) is 0.0890. The van der Waals surface area contributed by atoms with Gasteiger partial charge in [-0.15, -0.1) is 10.2 Å². The molecular weight excluding hydrogens is 398 g/mol. The van der Waals surface area contributed by atoms with Crippen molar-refractivity contribution in [1.29, 1.82) is 0 Å². The van der Waals surface area contributed by atoms with Gasteiger partial charge >= 0.3 is 0 Å². The maximum Gasteiger partial charge on any atom is 0.286 e. The number of aromatic nitrogens is 2. The number of carbonyl (C=O) groups is 2. The maximum atomic E-state index is 12.4. The number of hydrogen-bond donors (Lipinski definition) is 2. The molecule has 2 heterocycles. The van der Waals surface area contributed by atoms with E-state index >= 15 is 0 Å². The summed E-state index contributed by atoms with van der Waals surface area (Å²) in [6.45, 7) is 9.08. The van der Waals surface area contributed by atoms with Crippen molar-refractivity contribution in [1.82, 2.24) is 20.4 Å². The van der Waals surface area contributed by atoms with E-state index in [4.69, 9.17) is 0 Å². The van der Waals surface area contributed by atoms with E-state index in [2.05, 4.69) is 46.5 Å². The molecule has 30 heavy (non-hydrogen) atoms. The van der Waals surface area contributed by atoms with Crippen molar-refractivity contribution in [2.75, 3.05) is 25.0 Å². The predicted molar refractivity (Wildman–Crippen MR) is 120 cm³/mol. The van der Waals surface area contributed by atoms with Gasteiger partial charge in [-0.1, -0.05) is 31.6 Å². The van der Waals surface area contributed by atoms with Crippen LogP contribution in [0.1, 0.15) is 65.2 Å². The third kappa shape index (κ3) is 6.34. The van der Waals surface area contributed by atoms with Crippen LogP contribution < -0.4 is 10.6 Å². The molecule has 0 bridgehead atoms. The standard InChI is InChI=1S/C22H31N5O2S/c1-15(2)14-19-25-26-22(30-19)21(29)24-18-9-7-17(8-10-18)20(28)23-11-13-27-12-5-4-6-16(27)3/h7-10,15-16H,4-6,11-14H2,1-3H3,(H,23,28)(H,24,29)/t16-/m0/s1. The first-order valence-corrected chi connectivity index (χ1v) is 11.5. The summed E-state index contributed by atoms with van der Waals surface area (Å²) in [6.07, 6.45) is 4.58. The molecule has 2 aromatic rings. The SMILES string of the molecule is CC(C)Cc1nnc(C(=O)Nc2ccc(C(=O)NCCN3CCCC[C@@H]3C)cc2)s1. The van der Waals surface area contributed by atoms with Gasteiger partial charge in [0.05, 0.1) is 0 Å². The van der Waals surface area contributed by atoms with Crippen molar-refractivity contribution in [3.63, 3.8) is 0 Å². The van der Waals surface area contributed by atoms with Crippen LogP contribution in [0.25, 0.3) is 0 Å². The molecule has 1 aromatic heterocycles. The van der Waals surface area contributed by atoms with Crippen LogP contribution >= 0.6 is 11.3 Å². The lowest BCUT2D eigenvalue weighted by Gasteiger charge is -2.33. The van der Waals surface area contributed by atoms with Crippen LogP contribution in [-0.4, -0.2) is 52.6 Å². The van der Waals surface area contributed by atoms with Crippen molar-refractivity contribution in [2.24, 2.45) is 5.92 Å². The first-order valence-electron chi connectivity index (χ1n) is 10.7. The quantitative estimate of drug-likeness (QED) is 0.670. The fourth-order valence-electron chi connectivity index (χ4n) is 3.57. The smallest absolute Gasteiger partial charge is 0.286 e. The van der Waals surface area contributed by atoms with E-state index in [0.29, 0.717) is 34.8 Å². The fourth-order valence-corrected chi connectivity index (χ4v) is 4.52. The van der Waals surface area contributed by atoms with Crippen LogP contribution in [0.5, 0.6) is 0 Å². The van der Waals surface area contributed by atoms with E-state index in [1.807, 2.05) is 0 Å². The van der Waals surface area contributed by atoms with Crippen LogP contribution in [0.4, 0.5) is 5.69 Å². The number of nitrogens with zero attached hydrogens (tertiary/aromatic N) is 3. The Morgan fingerprint density at radius 3 is 2.63 bits per heavy atom. The summed E-state index contributed by atoms with van der Waals surface area (Å²) in [7, 11) is 0. The Kier molecular flexibility index (Phi) is 7.93. The summed E-state index contributed by atoms with van der Waals surface area (Å²) in [6, 6.07) is 7.50. The molecule has 0 aliphatic carbocycles. The monoisotopic (exact) mass is 429 g/mol. The highest BCUT2D eigenvalue weighted by molar-refractivity contribution is 7.13. The lowest BCUT2D eigenvalue weighted by molar-refractivity contribution is 0.0938. The minimum atomic E-state index is -0.282. The molecule has 1 aromatic carbocycles. The van der Waals surface area contributed by atoms with Gasteiger partial charge in [0.1, 0.15) is 5.01 Å². The van der Waals surface area contributed by atoms with Crippen molar-refractivity contribution < 1.29 is 9.59 Å². The fraction of sp³-hybridized carbons (Fsp3) is 0.545. The normalized spacial score (nSPS) is 17.1. The van der Waals surface area contributed by atoms with E-state index in [1.54, 1.807) is 24.3 Å². The molecule has 1 aliphatic rings. The highest BCUT2D eigenvalue weighted by atomic mass is 32.1. The second kappa shape index (κ2) is 10.6. The number of anilines is 1. The number of rotatable bonds is 8. The largest absolute Gasteiger partial charge is 0.351 e. The number of carbonyl (C=O) groups excluding carboxylic acids is 2. The summed E-state index contributed by atoms with van der Waals surface area (Å²) in [5.41, 5.74) is 1.20. The number of benzene rings is 1. The average Bonchev–Trinajstić information content (AvgIpc) is 3.18. The van der Waals surface area contributed by atoms with Gasteiger partial charge in [-0.2, -0.15) is 0 Å². The van der Waals surface area contributed by atoms with Gasteiger partial charge in [-0.25, -0.2) is 0 Å². The highest BCUT2D eigenvalue weighted by Crippen LogP contribution is 2.17. The zero-order chi connectivity index (χ0) is 21.5. The van der Waals surface area contributed by atoms with Gasteiger partial charge in [0.15, 0.2) is 0 Å². The van der Waals surface area contributed by atoms with Gasteiger partial charge in [0.25, 0.3) is 11.8 Å². The molecule has 0 spiro atoms. The molecule has 0 radical (unpaired) electrons. The van der Waals surface area contributed by atoms with E-state index in [0.717, 1.165) is 24.5 Å². The number of piperidine rings is 1. The van der Waals surface area contributed by atoms with E-state index in [-0.39, 0.29) is 11.8 Å². The molecule has 2 amide bonds. The zero-order valence-corrected chi connectivity index (χ0v) is 18.8. The molecule has 0 unspecified atom stereocenters. The van der Waals surface area contributed by atoms with Crippen molar-refractivity contribution in [2.45, 2.75) is 52.5 Å². The molecule has 8 heteroatoms. The Bertz CT molecular complexity index is 849. The third-order valence-corrected chi connectivity index (χ3v) is 6.22. The van der Waals surface area contributed by atoms with Crippen LogP contribution in [0, 0.1) is 5.92 Å². The minimum absolute atomic E-state index is 0.0972. The van der Waals surface area contributed by atoms with E-state index < -0.39 is 0 Å². The lowest BCUT2D eigenvalue weighted by Crippen LogP contribution is -2.42. The van der Waals surface area contributed by atoms with Gasteiger partial charge in [-0.05, 0) is 56.5 Å². The molecular formula is C22H31N5O2S. The Morgan fingerprint density at radius 1 is 1.17 bits per heavy atom. The van der Waals surface area contributed by atoms with Crippen molar-refractivity contribution >= 4 is 28.8 Å². The summed E-state index contributed by atoms with van der Waals surface area (Å²) in [5, 5.41) is 15.1. The molecule has 0 saturated carbocycles. The van der Waals surface area contributed by atoms with Gasteiger partial charge in [0.2, 0.25) is 5.01 Å². The summed E-state index contributed by atoms with van der Waals surface area (Å²) < 4.78 is 0.